The van der Waals surface area contributed by atoms with Gasteiger partial charge in [-0.3, -0.25) is 4.79 Å². The third kappa shape index (κ3) is 5.72. The van der Waals surface area contributed by atoms with Crippen molar-refractivity contribution in [3.8, 4) is 11.5 Å². The van der Waals surface area contributed by atoms with E-state index >= 15 is 0 Å². The number of hydrogen-bond donors (Lipinski definition) is 0. The van der Waals surface area contributed by atoms with Gasteiger partial charge in [0.25, 0.3) is 0 Å². The van der Waals surface area contributed by atoms with Crippen molar-refractivity contribution in [1.29, 1.82) is 0 Å². The lowest BCUT2D eigenvalue weighted by molar-refractivity contribution is -0.126. The smallest absolute Gasteiger partial charge is 0.387 e. The van der Waals surface area contributed by atoms with Crippen LogP contribution in [0.2, 0.25) is 0 Å². The summed E-state index contributed by atoms with van der Waals surface area (Å²) in [6.45, 7) is 4.05. The second-order valence-electron chi connectivity index (χ2n) is 7.00. The van der Waals surface area contributed by atoms with Crippen molar-refractivity contribution in [2.45, 2.75) is 20.5 Å². The van der Waals surface area contributed by atoms with Crippen LogP contribution in [0, 0.1) is 6.92 Å². The molecular weight excluding hydrogens is 390 g/mol. The first-order chi connectivity index (χ1) is 14.5. The first kappa shape index (κ1) is 21.6. The molecule has 5 nitrogen and oxygen atoms in total. The van der Waals surface area contributed by atoms with Crippen molar-refractivity contribution in [2.24, 2.45) is 0 Å². The van der Waals surface area contributed by atoms with Crippen molar-refractivity contribution < 1.29 is 23.0 Å². The Morgan fingerprint density at radius 3 is 2.53 bits per heavy atom. The van der Waals surface area contributed by atoms with Gasteiger partial charge in [-0.1, -0.05) is 18.2 Å². The summed E-state index contributed by atoms with van der Waals surface area (Å²) < 4.78 is 34.9. The van der Waals surface area contributed by atoms with E-state index in [4.69, 9.17) is 4.74 Å². The molecule has 0 unspecified atom stereocenters. The number of benzene rings is 2. The minimum Gasteiger partial charge on any atom is -0.490 e. The lowest BCUT2D eigenvalue weighted by Crippen LogP contribution is -2.48. The number of alkyl halides is 2. The molecular formula is C23H26F2N2O3. The molecule has 2 aromatic carbocycles. The predicted molar refractivity (Wildman–Crippen MR) is 113 cm³/mol. The summed E-state index contributed by atoms with van der Waals surface area (Å²) in [7, 11) is 0. The van der Waals surface area contributed by atoms with Crippen LogP contribution in [0.25, 0.3) is 6.08 Å². The molecule has 1 aliphatic heterocycles. The molecule has 0 spiro atoms. The molecule has 30 heavy (non-hydrogen) atoms. The van der Waals surface area contributed by atoms with Crippen molar-refractivity contribution in [2.75, 3.05) is 37.7 Å². The van der Waals surface area contributed by atoms with Crippen molar-refractivity contribution in [1.82, 2.24) is 4.90 Å². The number of nitrogens with zero attached hydrogens (tertiary/aromatic N) is 2. The van der Waals surface area contributed by atoms with Gasteiger partial charge in [0.2, 0.25) is 5.91 Å². The molecule has 0 atom stereocenters. The number of aryl methyl sites for hydroxylation is 1. The fourth-order valence-corrected chi connectivity index (χ4v) is 3.37. The maximum Gasteiger partial charge on any atom is 0.387 e. The van der Waals surface area contributed by atoms with Gasteiger partial charge in [-0.15, -0.1) is 0 Å². The summed E-state index contributed by atoms with van der Waals surface area (Å²) in [6.07, 6.45) is 3.16. The van der Waals surface area contributed by atoms with Crippen LogP contribution in [0.5, 0.6) is 11.5 Å². The molecule has 1 heterocycles. The van der Waals surface area contributed by atoms with Crippen LogP contribution in [0.3, 0.4) is 0 Å². The zero-order chi connectivity index (χ0) is 21.5. The predicted octanol–water partition coefficient (Wildman–Crippen LogP) is 4.36. The molecule has 0 aromatic heterocycles. The van der Waals surface area contributed by atoms with Crippen LogP contribution in [0.15, 0.2) is 48.5 Å². The number of halogens is 2. The Bertz CT molecular complexity index is 894. The zero-order valence-electron chi connectivity index (χ0n) is 17.2. The molecule has 160 valence electrons. The number of amides is 1. The van der Waals surface area contributed by atoms with E-state index in [1.165, 1.54) is 23.4 Å². The summed E-state index contributed by atoms with van der Waals surface area (Å²) >= 11 is 0. The highest BCUT2D eigenvalue weighted by Gasteiger charge is 2.20. The molecule has 7 heteroatoms. The van der Waals surface area contributed by atoms with Crippen LogP contribution < -0.4 is 14.4 Å². The number of hydrogen-bond acceptors (Lipinski definition) is 4. The van der Waals surface area contributed by atoms with Gasteiger partial charge >= 0.3 is 6.61 Å². The summed E-state index contributed by atoms with van der Waals surface area (Å²) in [5.41, 5.74) is 3.06. The Balaban J connectivity index is 1.60. The van der Waals surface area contributed by atoms with E-state index in [1.54, 1.807) is 30.0 Å². The number of anilines is 1. The van der Waals surface area contributed by atoms with E-state index in [-0.39, 0.29) is 17.4 Å². The number of carbonyl (C=O) groups is 1. The largest absolute Gasteiger partial charge is 0.490 e. The van der Waals surface area contributed by atoms with Crippen LogP contribution in [0.4, 0.5) is 14.5 Å². The van der Waals surface area contributed by atoms with Gasteiger partial charge in [0, 0.05) is 37.9 Å². The average Bonchev–Trinajstić information content (AvgIpc) is 2.73. The minimum atomic E-state index is -2.93. The summed E-state index contributed by atoms with van der Waals surface area (Å²) in [5, 5.41) is 0. The molecule has 2 aromatic rings. The maximum atomic E-state index is 12.6. The lowest BCUT2D eigenvalue weighted by Gasteiger charge is -2.35. The van der Waals surface area contributed by atoms with E-state index in [1.807, 2.05) is 6.07 Å². The van der Waals surface area contributed by atoms with Gasteiger partial charge in [0.1, 0.15) is 0 Å². The normalized spacial score (nSPS) is 14.4. The zero-order valence-corrected chi connectivity index (χ0v) is 17.2. The SMILES string of the molecule is CCOc1cc(/C=C/C(=O)N2CCN(c3cccc(C)c3)CC2)ccc1OC(F)F. The van der Waals surface area contributed by atoms with Crippen LogP contribution in [-0.2, 0) is 4.79 Å². The molecule has 0 N–H and O–H groups in total. The second-order valence-corrected chi connectivity index (χ2v) is 7.00. The Morgan fingerprint density at radius 1 is 1.10 bits per heavy atom. The first-order valence-corrected chi connectivity index (χ1v) is 9.96. The number of piperazine rings is 1. The topological polar surface area (TPSA) is 42.0 Å². The average molecular weight is 416 g/mol. The van der Waals surface area contributed by atoms with Crippen LogP contribution in [0.1, 0.15) is 18.1 Å². The van der Waals surface area contributed by atoms with Gasteiger partial charge in [-0.25, -0.2) is 0 Å². The van der Waals surface area contributed by atoms with Gasteiger partial charge in [0.15, 0.2) is 11.5 Å². The van der Waals surface area contributed by atoms with Gasteiger partial charge in [-0.2, -0.15) is 8.78 Å². The van der Waals surface area contributed by atoms with Gasteiger partial charge in [0.05, 0.1) is 6.61 Å². The third-order valence-corrected chi connectivity index (χ3v) is 4.86. The quantitative estimate of drug-likeness (QED) is 0.629. The Hall–Kier alpha value is -3.09. The summed E-state index contributed by atoms with van der Waals surface area (Å²) in [6, 6.07) is 13.0. The fourth-order valence-electron chi connectivity index (χ4n) is 3.37. The van der Waals surface area contributed by atoms with Gasteiger partial charge < -0.3 is 19.3 Å². The van der Waals surface area contributed by atoms with E-state index in [0.717, 1.165) is 13.1 Å². The fraction of sp³-hybridized carbons (Fsp3) is 0.348. The summed E-state index contributed by atoms with van der Waals surface area (Å²) in [5.74, 6) is 0.117. The van der Waals surface area contributed by atoms with Crippen LogP contribution in [-0.4, -0.2) is 50.2 Å². The van der Waals surface area contributed by atoms with Crippen molar-refractivity contribution in [3.05, 3.63) is 59.7 Å². The highest BCUT2D eigenvalue weighted by Crippen LogP contribution is 2.30. The molecule has 1 fully saturated rings. The monoisotopic (exact) mass is 416 g/mol. The van der Waals surface area contributed by atoms with E-state index < -0.39 is 6.61 Å². The van der Waals surface area contributed by atoms with E-state index in [2.05, 4.69) is 34.8 Å². The molecule has 1 aliphatic rings. The maximum absolute atomic E-state index is 12.6. The Labute approximate surface area is 175 Å². The number of rotatable bonds is 7. The molecule has 1 saturated heterocycles. The lowest BCUT2D eigenvalue weighted by atomic mass is 10.1. The first-order valence-electron chi connectivity index (χ1n) is 9.96. The van der Waals surface area contributed by atoms with Crippen LogP contribution >= 0.6 is 0 Å². The molecule has 1 amide bonds. The minimum absolute atomic E-state index is 0.0254. The number of ether oxygens (including phenoxy) is 2. The van der Waals surface area contributed by atoms with Crippen molar-refractivity contribution in [3.63, 3.8) is 0 Å². The second kappa shape index (κ2) is 10.1. The Morgan fingerprint density at radius 2 is 1.87 bits per heavy atom. The third-order valence-electron chi connectivity index (χ3n) is 4.86. The highest BCUT2D eigenvalue weighted by molar-refractivity contribution is 5.92. The molecule has 0 bridgehead atoms. The summed E-state index contributed by atoms with van der Waals surface area (Å²) in [4.78, 5) is 16.6. The standard InChI is InChI=1S/C23H26F2N2O3/c1-3-29-21-16-18(7-9-20(21)30-23(24)25)8-10-22(28)27-13-11-26(12-14-27)19-6-4-5-17(2)15-19/h4-10,15-16,23H,3,11-14H2,1-2H3/b10-8+. The molecule has 0 aliphatic carbocycles. The van der Waals surface area contributed by atoms with Gasteiger partial charge in [-0.05, 0) is 55.3 Å². The van der Waals surface area contributed by atoms with E-state index in [0.29, 0.717) is 25.3 Å². The Kier molecular flexibility index (Phi) is 7.27. The molecule has 0 radical (unpaired) electrons. The highest BCUT2D eigenvalue weighted by atomic mass is 19.3. The molecule has 0 saturated carbocycles. The van der Waals surface area contributed by atoms with E-state index in [9.17, 15) is 13.6 Å². The van der Waals surface area contributed by atoms with Crippen molar-refractivity contribution >= 4 is 17.7 Å². The molecule has 3 rings (SSSR count). The number of carbonyl (C=O) groups excluding carboxylic acids is 1.